The van der Waals surface area contributed by atoms with Crippen LogP contribution in [0.2, 0.25) is 0 Å². The van der Waals surface area contributed by atoms with E-state index in [4.69, 9.17) is 0 Å². The summed E-state index contributed by atoms with van der Waals surface area (Å²) in [6.07, 6.45) is 4.34. The normalized spacial score (nSPS) is 14.5. The molecule has 1 aliphatic rings. The predicted molar refractivity (Wildman–Crippen MR) is 88.3 cm³/mol. The molecule has 0 spiro atoms. The van der Waals surface area contributed by atoms with Gasteiger partial charge in [0.05, 0.1) is 5.69 Å². The van der Waals surface area contributed by atoms with Crippen molar-refractivity contribution in [2.45, 2.75) is 19.4 Å². The second-order valence-electron chi connectivity index (χ2n) is 5.72. The van der Waals surface area contributed by atoms with Gasteiger partial charge in [-0.2, -0.15) is 4.80 Å². The van der Waals surface area contributed by atoms with Crippen molar-refractivity contribution in [3.05, 3.63) is 54.4 Å². The van der Waals surface area contributed by atoms with Crippen LogP contribution in [-0.2, 0) is 11.2 Å². The number of carbonyl (C=O) groups is 1. The number of carbonyl (C=O) groups excluding carboxylic acids is 1. The first-order valence-corrected chi connectivity index (χ1v) is 7.83. The van der Waals surface area contributed by atoms with Crippen molar-refractivity contribution in [2.24, 2.45) is 0 Å². The smallest absolute Gasteiger partial charge is 0.253 e. The highest BCUT2D eigenvalue weighted by Gasteiger charge is 2.30. The van der Waals surface area contributed by atoms with Crippen LogP contribution < -0.4 is 4.90 Å². The van der Waals surface area contributed by atoms with E-state index in [-0.39, 0.29) is 5.91 Å². The average molecular weight is 320 g/mol. The molecule has 1 atom stereocenters. The van der Waals surface area contributed by atoms with Gasteiger partial charge in [-0.1, -0.05) is 30.3 Å². The molecule has 0 fully saturated rings. The van der Waals surface area contributed by atoms with Gasteiger partial charge >= 0.3 is 0 Å². The van der Waals surface area contributed by atoms with Crippen molar-refractivity contribution in [3.63, 3.8) is 0 Å². The lowest BCUT2D eigenvalue weighted by molar-refractivity contribution is -0.121. The summed E-state index contributed by atoms with van der Waals surface area (Å²) < 4.78 is 0. The minimum atomic E-state index is -0.519. The molecule has 1 aromatic carbocycles. The number of pyridine rings is 1. The van der Waals surface area contributed by atoms with Gasteiger partial charge in [0.2, 0.25) is 5.82 Å². The molecule has 0 aliphatic carbocycles. The first kappa shape index (κ1) is 14.5. The number of aromatic nitrogens is 5. The highest BCUT2D eigenvalue weighted by atomic mass is 16.2. The standard InChI is InChI=1S/C17H16N6O/c1-12(17(24)22-10-8-14-11-18-9-7-15(14)22)23-20-16(19-21-23)13-5-3-2-4-6-13/h2-7,9,11-12H,8,10H2,1H3/t12-/m0/s1. The predicted octanol–water partition coefficient (Wildman–Crippen LogP) is 1.89. The van der Waals surface area contributed by atoms with Gasteiger partial charge in [0.25, 0.3) is 5.91 Å². The maximum atomic E-state index is 12.8. The maximum Gasteiger partial charge on any atom is 0.253 e. The van der Waals surface area contributed by atoms with Gasteiger partial charge in [-0.25, -0.2) is 0 Å². The molecule has 7 heteroatoms. The molecule has 3 aromatic rings. The summed E-state index contributed by atoms with van der Waals surface area (Å²) >= 11 is 0. The lowest BCUT2D eigenvalue weighted by Crippen LogP contribution is -2.35. The van der Waals surface area contributed by atoms with Crippen LogP contribution in [0.3, 0.4) is 0 Å². The first-order valence-electron chi connectivity index (χ1n) is 7.83. The van der Waals surface area contributed by atoms with Gasteiger partial charge in [-0.15, -0.1) is 10.2 Å². The van der Waals surface area contributed by atoms with Gasteiger partial charge < -0.3 is 4.90 Å². The Morgan fingerprint density at radius 3 is 2.88 bits per heavy atom. The SMILES string of the molecule is C[C@@H](C(=O)N1CCc2cnccc21)n1nnc(-c2ccccc2)n1. The summed E-state index contributed by atoms with van der Waals surface area (Å²) in [5.74, 6) is 0.471. The fraction of sp³-hybridized carbons (Fsp3) is 0.235. The summed E-state index contributed by atoms with van der Waals surface area (Å²) in [4.78, 5) is 20.1. The molecule has 2 aromatic heterocycles. The van der Waals surface area contributed by atoms with Crippen LogP contribution in [-0.4, -0.2) is 37.6 Å². The van der Waals surface area contributed by atoms with Crippen molar-refractivity contribution >= 4 is 11.6 Å². The van der Waals surface area contributed by atoms with E-state index < -0.39 is 6.04 Å². The molecular formula is C17H16N6O. The molecule has 0 bridgehead atoms. The van der Waals surface area contributed by atoms with Crippen LogP contribution in [0, 0.1) is 0 Å². The molecule has 1 aliphatic heterocycles. The molecule has 120 valence electrons. The number of hydrogen-bond acceptors (Lipinski definition) is 5. The molecular weight excluding hydrogens is 304 g/mol. The number of hydrogen-bond donors (Lipinski definition) is 0. The molecule has 0 saturated heterocycles. The fourth-order valence-corrected chi connectivity index (χ4v) is 2.87. The fourth-order valence-electron chi connectivity index (χ4n) is 2.87. The van der Waals surface area contributed by atoms with E-state index in [2.05, 4.69) is 20.4 Å². The van der Waals surface area contributed by atoms with E-state index in [1.807, 2.05) is 42.6 Å². The Labute approximate surface area is 138 Å². The zero-order valence-electron chi connectivity index (χ0n) is 13.2. The van der Waals surface area contributed by atoms with Crippen LogP contribution in [0.5, 0.6) is 0 Å². The molecule has 0 radical (unpaired) electrons. The van der Waals surface area contributed by atoms with Crippen LogP contribution in [0.4, 0.5) is 5.69 Å². The highest BCUT2D eigenvalue weighted by Crippen LogP contribution is 2.28. The summed E-state index contributed by atoms with van der Waals surface area (Å²) in [5, 5.41) is 12.5. The van der Waals surface area contributed by atoms with Gasteiger partial charge in [-0.05, 0) is 30.2 Å². The van der Waals surface area contributed by atoms with Gasteiger partial charge in [0, 0.05) is 24.5 Å². The molecule has 0 N–H and O–H groups in total. The van der Waals surface area contributed by atoms with E-state index in [9.17, 15) is 4.79 Å². The third-order valence-corrected chi connectivity index (χ3v) is 4.20. The topological polar surface area (TPSA) is 76.8 Å². The quantitative estimate of drug-likeness (QED) is 0.736. The van der Waals surface area contributed by atoms with Crippen molar-refractivity contribution in [2.75, 3.05) is 11.4 Å². The van der Waals surface area contributed by atoms with E-state index in [1.165, 1.54) is 4.80 Å². The average Bonchev–Trinajstić information content (AvgIpc) is 3.28. The Morgan fingerprint density at radius 1 is 1.21 bits per heavy atom. The zero-order valence-corrected chi connectivity index (χ0v) is 13.2. The summed E-state index contributed by atoms with van der Waals surface area (Å²) in [7, 11) is 0. The Kier molecular flexibility index (Phi) is 3.53. The van der Waals surface area contributed by atoms with Gasteiger partial charge in [-0.3, -0.25) is 9.78 Å². The summed E-state index contributed by atoms with van der Waals surface area (Å²) in [5.41, 5.74) is 2.89. The maximum absolute atomic E-state index is 12.8. The lowest BCUT2D eigenvalue weighted by Gasteiger charge is -2.20. The number of nitrogens with zero attached hydrogens (tertiary/aromatic N) is 6. The summed E-state index contributed by atoms with van der Waals surface area (Å²) in [6, 6.07) is 10.9. The second-order valence-corrected chi connectivity index (χ2v) is 5.72. The molecule has 0 saturated carbocycles. The number of anilines is 1. The lowest BCUT2D eigenvalue weighted by atomic mass is 10.2. The van der Waals surface area contributed by atoms with Crippen LogP contribution >= 0.6 is 0 Å². The minimum Gasteiger partial charge on any atom is -0.310 e. The highest BCUT2D eigenvalue weighted by molar-refractivity contribution is 5.97. The third-order valence-electron chi connectivity index (χ3n) is 4.20. The molecule has 1 amide bonds. The van der Waals surface area contributed by atoms with Gasteiger partial charge in [0.1, 0.15) is 6.04 Å². The number of tetrazole rings is 1. The second kappa shape index (κ2) is 5.84. The minimum absolute atomic E-state index is 0.0445. The number of amides is 1. The Morgan fingerprint density at radius 2 is 2.04 bits per heavy atom. The third kappa shape index (κ3) is 2.44. The van der Waals surface area contributed by atoms with Crippen LogP contribution in [0.1, 0.15) is 18.5 Å². The largest absolute Gasteiger partial charge is 0.310 e. The summed E-state index contributed by atoms with van der Waals surface area (Å²) in [6.45, 7) is 2.45. The zero-order chi connectivity index (χ0) is 16.5. The number of rotatable bonds is 3. The van der Waals surface area contributed by atoms with Crippen LogP contribution in [0.25, 0.3) is 11.4 Å². The van der Waals surface area contributed by atoms with E-state index in [0.717, 1.165) is 23.2 Å². The Hall–Kier alpha value is -3.09. The molecule has 3 heterocycles. The van der Waals surface area contributed by atoms with Crippen molar-refractivity contribution in [1.29, 1.82) is 0 Å². The number of benzene rings is 1. The van der Waals surface area contributed by atoms with Crippen LogP contribution in [0.15, 0.2) is 48.8 Å². The first-order chi connectivity index (χ1) is 11.7. The molecule has 4 rings (SSSR count). The van der Waals surface area contributed by atoms with Crippen molar-refractivity contribution in [1.82, 2.24) is 25.2 Å². The van der Waals surface area contributed by atoms with E-state index in [1.54, 1.807) is 18.0 Å². The van der Waals surface area contributed by atoms with E-state index >= 15 is 0 Å². The Bertz CT molecular complexity index is 876. The van der Waals surface area contributed by atoms with Crippen molar-refractivity contribution < 1.29 is 4.79 Å². The Balaban J connectivity index is 1.57. The van der Waals surface area contributed by atoms with E-state index in [0.29, 0.717) is 12.4 Å². The molecule has 0 unspecified atom stereocenters. The monoisotopic (exact) mass is 320 g/mol. The van der Waals surface area contributed by atoms with Gasteiger partial charge in [0.15, 0.2) is 0 Å². The molecule has 7 nitrogen and oxygen atoms in total. The van der Waals surface area contributed by atoms with Crippen molar-refractivity contribution in [3.8, 4) is 11.4 Å². The molecule has 24 heavy (non-hydrogen) atoms. The number of fused-ring (bicyclic) bond motifs is 1.